The number of ether oxygens (including phenoxy) is 2. The highest BCUT2D eigenvalue weighted by atomic mass is 79.9. The van der Waals surface area contributed by atoms with Crippen molar-refractivity contribution in [2.45, 2.75) is 6.04 Å². The van der Waals surface area contributed by atoms with Crippen molar-refractivity contribution in [1.82, 2.24) is 0 Å². The minimum Gasteiger partial charge on any atom is -0.497 e. The third-order valence-corrected chi connectivity index (χ3v) is 4.30. The van der Waals surface area contributed by atoms with Gasteiger partial charge in [0.05, 0.1) is 25.3 Å². The molecule has 112 valence electrons. The van der Waals surface area contributed by atoms with E-state index in [0.717, 1.165) is 0 Å². The van der Waals surface area contributed by atoms with E-state index in [1.165, 1.54) is 12.1 Å². The van der Waals surface area contributed by atoms with Crippen LogP contribution in [0.4, 0.5) is 4.39 Å². The topological polar surface area (TPSA) is 44.5 Å². The fourth-order valence-corrected chi connectivity index (χ4v) is 2.45. The molecule has 1 atom stereocenters. The number of nitrogens with two attached hydrogens (primary N) is 1. The summed E-state index contributed by atoms with van der Waals surface area (Å²) < 4.78 is 25.0. The van der Waals surface area contributed by atoms with Gasteiger partial charge in [0, 0.05) is 16.1 Å². The van der Waals surface area contributed by atoms with Gasteiger partial charge in [0.15, 0.2) is 0 Å². The van der Waals surface area contributed by atoms with Gasteiger partial charge in [0.25, 0.3) is 0 Å². The highest BCUT2D eigenvalue weighted by molar-refractivity contribution is 9.10. The first-order valence-corrected chi connectivity index (χ1v) is 7.26. The summed E-state index contributed by atoms with van der Waals surface area (Å²) in [5.74, 6) is 0.743. The van der Waals surface area contributed by atoms with Crippen molar-refractivity contribution < 1.29 is 13.9 Å². The highest BCUT2D eigenvalue weighted by Crippen LogP contribution is 2.33. The van der Waals surface area contributed by atoms with E-state index in [1.54, 1.807) is 32.4 Å². The summed E-state index contributed by atoms with van der Waals surface area (Å²) in [5.41, 5.74) is 7.13. The molecule has 3 nitrogen and oxygen atoms in total. The van der Waals surface area contributed by atoms with Crippen LogP contribution in [0.25, 0.3) is 0 Å². The molecule has 0 spiro atoms. The van der Waals surface area contributed by atoms with Crippen LogP contribution in [0.3, 0.4) is 0 Å². The van der Waals surface area contributed by atoms with E-state index in [9.17, 15) is 4.39 Å². The number of hydrogen-bond donors (Lipinski definition) is 1. The molecule has 0 bridgehead atoms. The fraction of sp³-hybridized carbons (Fsp3) is 0.200. The highest BCUT2D eigenvalue weighted by Gasteiger charge is 2.17. The summed E-state index contributed by atoms with van der Waals surface area (Å²) in [5, 5.41) is 0.400. The standard InChI is InChI=1S/C15H14BrClFNO2/c1-20-9-3-8(4-10(5-9)21-2)15(19)11-6-13(17)12(16)7-14(11)18/h3-7,15H,19H2,1-2H3. The lowest BCUT2D eigenvalue weighted by atomic mass is 9.98. The van der Waals surface area contributed by atoms with Gasteiger partial charge < -0.3 is 15.2 Å². The third-order valence-electron chi connectivity index (χ3n) is 3.11. The number of hydrogen-bond acceptors (Lipinski definition) is 3. The van der Waals surface area contributed by atoms with Crippen molar-refractivity contribution in [2.75, 3.05) is 14.2 Å². The molecule has 2 aromatic carbocycles. The Labute approximate surface area is 135 Å². The first-order valence-electron chi connectivity index (χ1n) is 6.09. The van der Waals surface area contributed by atoms with Crippen molar-refractivity contribution >= 4 is 27.5 Å². The lowest BCUT2D eigenvalue weighted by Crippen LogP contribution is -2.14. The largest absolute Gasteiger partial charge is 0.497 e. The Hall–Kier alpha value is -1.30. The smallest absolute Gasteiger partial charge is 0.129 e. The van der Waals surface area contributed by atoms with E-state index in [4.69, 9.17) is 26.8 Å². The lowest BCUT2D eigenvalue weighted by molar-refractivity contribution is 0.393. The van der Waals surface area contributed by atoms with E-state index >= 15 is 0 Å². The van der Waals surface area contributed by atoms with E-state index in [-0.39, 0.29) is 0 Å². The van der Waals surface area contributed by atoms with Crippen LogP contribution in [-0.2, 0) is 0 Å². The monoisotopic (exact) mass is 373 g/mol. The van der Waals surface area contributed by atoms with Gasteiger partial charge in [-0.3, -0.25) is 0 Å². The summed E-state index contributed by atoms with van der Waals surface area (Å²) in [6, 6.07) is 7.33. The van der Waals surface area contributed by atoms with Gasteiger partial charge in [-0.25, -0.2) is 4.39 Å². The Morgan fingerprint density at radius 2 is 1.67 bits per heavy atom. The molecule has 0 saturated heterocycles. The zero-order chi connectivity index (χ0) is 15.6. The molecule has 0 aliphatic carbocycles. The van der Waals surface area contributed by atoms with Crippen molar-refractivity contribution in [1.29, 1.82) is 0 Å². The van der Waals surface area contributed by atoms with Crippen LogP contribution in [0.1, 0.15) is 17.2 Å². The fourth-order valence-electron chi connectivity index (χ4n) is 1.96. The Morgan fingerprint density at radius 1 is 1.10 bits per heavy atom. The molecule has 2 N–H and O–H groups in total. The molecule has 2 aromatic rings. The molecule has 21 heavy (non-hydrogen) atoms. The second kappa shape index (κ2) is 6.64. The summed E-state index contributed by atoms with van der Waals surface area (Å²) in [6.45, 7) is 0. The summed E-state index contributed by atoms with van der Waals surface area (Å²) in [6.07, 6.45) is 0. The van der Waals surface area contributed by atoms with Gasteiger partial charge in [-0.15, -0.1) is 0 Å². The van der Waals surface area contributed by atoms with Gasteiger partial charge in [-0.1, -0.05) is 11.6 Å². The predicted octanol–water partition coefficient (Wildman–Crippen LogP) is 4.31. The molecule has 0 amide bonds. The average Bonchev–Trinajstić information content (AvgIpc) is 2.49. The number of halogens is 3. The zero-order valence-corrected chi connectivity index (χ0v) is 13.8. The van der Waals surface area contributed by atoms with Crippen LogP contribution in [0, 0.1) is 5.82 Å². The Kier molecular flexibility index (Phi) is 5.08. The number of methoxy groups -OCH3 is 2. The number of rotatable bonds is 4. The Balaban J connectivity index is 2.49. The van der Waals surface area contributed by atoms with E-state index in [1.807, 2.05) is 0 Å². The summed E-state index contributed by atoms with van der Waals surface area (Å²) in [4.78, 5) is 0. The molecule has 0 heterocycles. The second-order valence-electron chi connectivity index (χ2n) is 4.41. The second-order valence-corrected chi connectivity index (χ2v) is 5.67. The molecule has 6 heteroatoms. The molecule has 0 aliphatic heterocycles. The molecule has 0 radical (unpaired) electrons. The molecule has 2 rings (SSSR count). The lowest BCUT2D eigenvalue weighted by Gasteiger charge is -2.16. The Bertz CT molecular complexity index is 644. The van der Waals surface area contributed by atoms with Gasteiger partial charge >= 0.3 is 0 Å². The molecule has 1 unspecified atom stereocenters. The van der Waals surface area contributed by atoms with Crippen LogP contribution < -0.4 is 15.2 Å². The summed E-state index contributed by atoms with van der Waals surface area (Å²) >= 11 is 9.19. The van der Waals surface area contributed by atoms with Crippen LogP contribution in [0.2, 0.25) is 5.02 Å². The maximum absolute atomic E-state index is 14.1. The molecule has 0 aromatic heterocycles. The number of benzene rings is 2. The molecular weight excluding hydrogens is 361 g/mol. The third kappa shape index (κ3) is 3.48. The average molecular weight is 375 g/mol. The van der Waals surface area contributed by atoms with Gasteiger partial charge in [0.2, 0.25) is 0 Å². The zero-order valence-electron chi connectivity index (χ0n) is 11.5. The van der Waals surface area contributed by atoms with E-state index in [0.29, 0.717) is 32.1 Å². The maximum Gasteiger partial charge on any atom is 0.129 e. The first-order chi connectivity index (χ1) is 9.96. The molecular formula is C15H14BrClFNO2. The first kappa shape index (κ1) is 16.1. The maximum atomic E-state index is 14.1. The van der Waals surface area contributed by atoms with Gasteiger partial charge in [-0.05, 0) is 45.8 Å². The van der Waals surface area contributed by atoms with Gasteiger partial charge in [-0.2, -0.15) is 0 Å². The predicted molar refractivity (Wildman–Crippen MR) is 84.7 cm³/mol. The molecule has 0 aliphatic rings. The van der Waals surface area contributed by atoms with Crippen molar-refractivity contribution in [3.05, 3.63) is 56.8 Å². The molecule has 0 fully saturated rings. The van der Waals surface area contributed by atoms with Crippen LogP contribution in [0.5, 0.6) is 11.5 Å². The van der Waals surface area contributed by atoms with Crippen molar-refractivity contribution in [3.8, 4) is 11.5 Å². The van der Waals surface area contributed by atoms with Crippen LogP contribution in [-0.4, -0.2) is 14.2 Å². The van der Waals surface area contributed by atoms with Crippen molar-refractivity contribution in [3.63, 3.8) is 0 Å². The minimum atomic E-state index is -0.681. The Morgan fingerprint density at radius 3 is 2.19 bits per heavy atom. The van der Waals surface area contributed by atoms with Crippen LogP contribution >= 0.6 is 27.5 Å². The quantitative estimate of drug-likeness (QED) is 0.811. The summed E-state index contributed by atoms with van der Waals surface area (Å²) in [7, 11) is 3.09. The van der Waals surface area contributed by atoms with E-state index < -0.39 is 11.9 Å². The normalized spacial score (nSPS) is 12.1. The van der Waals surface area contributed by atoms with Crippen LogP contribution in [0.15, 0.2) is 34.8 Å². The van der Waals surface area contributed by atoms with E-state index in [2.05, 4.69) is 15.9 Å². The van der Waals surface area contributed by atoms with Gasteiger partial charge in [0.1, 0.15) is 17.3 Å². The van der Waals surface area contributed by atoms with Crippen molar-refractivity contribution in [2.24, 2.45) is 5.73 Å². The molecule has 0 saturated carbocycles. The SMILES string of the molecule is COc1cc(OC)cc(C(N)c2cc(Cl)c(Br)cc2F)c1. The minimum absolute atomic E-state index is 0.304.